The van der Waals surface area contributed by atoms with Gasteiger partial charge in [-0.1, -0.05) is 30.3 Å². The van der Waals surface area contributed by atoms with Gasteiger partial charge in [-0.2, -0.15) is 0 Å². The zero-order valence-corrected chi connectivity index (χ0v) is 17.5. The summed E-state index contributed by atoms with van der Waals surface area (Å²) in [6.07, 6.45) is 0.252. The lowest BCUT2D eigenvalue weighted by Gasteiger charge is -2.32. The molecule has 0 spiro atoms. The van der Waals surface area contributed by atoms with Gasteiger partial charge in [0.15, 0.2) is 6.04 Å². The fraction of sp³-hybridized carbons (Fsp3) is 0.391. The van der Waals surface area contributed by atoms with Crippen molar-refractivity contribution < 1.29 is 28.9 Å². The molecule has 2 amide bonds. The monoisotopic (exact) mass is 411 g/mol. The van der Waals surface area contributed by atoms with E-state index in [9.17, 15) is 9.59 Å². The highest BCUT2D eigenvalue weighted by Gasteiger charge is 2.47. The third-order valence-electron chi connectivity index (χ3n) is 6.13. The Kier molecular flexibility index (Phi) is 6.01. The minimum absolute atomic E-state index is 0.128. The molecule has 1 atom stereocenters. The number of anilines is 1. The van der Waals surface area contributed by atoms with Crippen LogP contribution in [0.5, 0.6) is 11.5 Å². The van der Waals surface area contributed by atoms with Crippen LogP contribution in [0.1, 0.15) is 12.0 Å². The maximum Gasteiger partial charge on any atom is 0.292 e. The first kappa shape index (κ1) is 20.4. The topological polar surface area (TPSA) is 64.7 Å². The van der Waals surface area contributed by atoms with Crippen molar-refractivity contribution in [3.8, 4) is 11.5 Å². The number of nitrogens with zero attached hydrogens (tertiary/aromatic N) is 1. The fourth-order valence-corrected chi connectivity index (χ4v) is 4.48. The van der Waals surface area contributed by atoms with Crippen LogP contribution in [0.15, 0.2) is 48.5 Å². The molecule has 4 rings (SSSR count). The summed E-state index contributed by atoms with van der Waals surface area (Å²) in [5.74, 6) is 0.821. The SMILES string of the molecule is COc1cc(OC)cc(N2C(=O)C[C@H]([NH+]3CC[NH+](Cc4ccccc4)CC3)C2=O)c1. The standard InChI is InChI=1S/C23H27N3O4/c1-29-19-12-18(13-20(14-19)30-2)26-22(27)15-21(23(26)28)25-10-8-24(9-11-25)16-17-6-4-3-5-7-17/h3-7,12-14,21H,8-11,15-16H2,1-2H3/p+2/t21-/m0/s1. The highest BCUT2D eigenvalue weighted by atomic mass is 16.5. The Morgan fingerprint density at radius 1 is 0.933 bits per heavy atom. The van der Waals surface area contributed by atoms with Gasteiger partial charge in [-0.3, -0.25) is 9.59 Å². The third-order valence-corrected chi connectivity index (χ3v) is 6.13. The van der Waals surface area contributed by atoms with Crippen LogP contribution in [0.25, 0.3) is 0 Å². The molecule has 7 nitrogen and oxygen atoms in total. The molecular weight excluding hydrogens is 382 g/mol. The van der Waals surface area contributed by atoms with E-state index < -0.39 is 0 Å². The zero-order valence-electron chi connectivity index (χ0n) is 17.5. The molecule has 7 heteroatoms. The van der Waals surface area contributed by atoms with Crippen LogP contribution < -0.4 is 24.2 Å². The second kappa shape index (κ2) is 8.85. The molecule has 2 saturated heterocycles. The largest absolute Gasteiger partial charge is 0.497 e. The average Bonchev–Trinajstić information content (AvgIpc) is 3.08. The minimum Gasteiger partial charge on any atom is -0.497 e. The van der Waals surface area contributed by atoms with Gasteiger partial charge in [0.2, 0.25) is 5.91 Å². The van der Waals surface area contributed by atoms with Crippen LogP contribution in [-0.2, 0) is 16.1 Å². The molecule has 0 saturated carbocycles. The summed E-state index contributed by atoms with van der Waals surface area (Å²) in [6.45, 7) is 4.77. The summed E-state index contributed by atoms with van der Waals surface area (Å²) in [5.41, 5.74) is 1.85. The van der Waals surface area contributed by atoms with Crippen molar-refractivity contribution in [2.75, 3.05) is 45.3 Å². The number of nitrogens with one attached hydrogen (secondary N) is 2. The maximum atomic E-state index is 13.2. The highest BCUT2D eigenvalue weighted by Crippen LogP contribution is 2.31. The number of carbonyl (C=O) groups excluding carboxylic acids is 2. The predicted octanol–water partition coefficient (Wildman–Crippen LogP) is -0.681. The predicted molar refractivity (Wildman–Crippen MR) is 112 cm³/mol. The van der Waals surface area contributed by atoms with Crippen molar-refractivity contribution >= 4 is 17.5 Å². The van der Waals surface area contributed by atoms with Crippen LogP contribution >= 0.6 is 0 Å². The van der Waals surface area contributed by atoms with Gasteiger partial charge in [-0.25, -0.2) is 4.90 Å². The van der Waals surface area contributed by atoms with Gasteiger partial charge in [0.1, 0.15) is 44.2 Å². The van der Waals surface area contributed by atoms with E-state index >= 15 is 0 Å². The zero-order chi connectivity index (χ0) is 21.1. The summed E-state index contributed by atoms with van der Waals surface area (Å²) in [7, 11) is 3.10. The first-order valence-corrected chi connectivity index (χ1v) is 10.4. The van der Waals surface area contributed by atoms with Crippen LogP contribution in [0.4, 0.5) is 5.69 Å². The van der Waals surface area contributed by atoms with E-state index in [2.05, 4.69) is 24.3 Å². The van der Waals surface area contributed by atoms with E-state index in [0.29, 0.717) is 17.2 Å². The Balaban J connectivity index is 1.42. The Hall–Kier alpha value is -2.90. The number of hydrogen-bond donors (Lipinski definition) is 2. The lowest BCUT2D eigenvalue weighted by Crippen LogP contribution is -3.29. The summed E-state index contributed by atoms with van der Waals surface area (Å²) in [6, 6.07) is 15.3. The summed E-state index contributed by atoms with van der Waals surface area (Å²) < 4.78 is 10.6. The lowest BCUT2D eigenvalue weighted by molar-refractivity contribution is -1.02. The molecule has 158 valence electrons. The normalized spacial score (nSPS) is 24.2. The van der Waals surface area contributed by atoms with Crippen molar-refractivity contribution in [2.45, 2.75) is 19.0 Å². The summed E-state index contributed by atoms with van der Waals surface area (Å²) in [5, 5.41) is 0. The van der Waals surface area contributed by atoms with Crippen LogP contribution in [0.2, 0.25) is 0 Å². The molecule has 2 heterocycles. The first-order valence-electron chi connectivity index (χ1n) is 10.4. The van der Waals surface area contributed by atoms with E-state index in [1.54, 1.807) is 32.4 Å². The molecule has 2 aliphatic heterocycles. The Bertz CT molecular complexity index is 888. The maximum absolute atomic E-state index is 13.2. The van der Waals surface area contributed by atoms with Gasteiger partial charge < -0.3 is 19.3 Å². The minimum atomic E-state index is -0.312. The molecule has 2 N–H and O–H groups in total. The van der Waals surface area contributed by atoms with Crippen LogP contribution in [-0.4, -0.2) is 58.3 Å². The van der Waals surface area contributed by atoms with Crippen LogP contribution in [0, 0.1) is 0 Å². The number of benzene rings is 2. The van der Waals surface area contributed by atoms with Gasteiger partial charge in [-0.15, -0.1) is 0 Å². The number of ether oxygens (including phenoxy) is 2. The molecular formula is C23H29N3O4+2. The van der Waals surface area contributed by atoms with Crippen molar-refractivity contribution in [1.29, 1.82) is 0 Å². The van der Waals surface area contributed by atoms with E-state index in [0.717, 1.165) is 32.7 Å². The van der Waals surface area contributed by atoms with Crippen LogP contribution in [0.3, 0.4) is 0 Å². The van der Waals surface area contributed by atoms with Gasteiger partial charge in [-0.05, 0) is 0 Å². The molecule has 30 heavy (non-hydrogen) atoms. The number of amides is 2. The Labute approximate surface area is 176 Å². The fourth-order valence-electron chi connectivity index (χ4n) is 4.48. The molecule has 0 radical (unpaired) electrons. The molecule has 0 aliphatic carbocycles. The Morgan fingerprint density at radius 3 is 2.17 bits per heavy atom. The smallest absolute Gasteiger partial charge is 0.292 e. The van der Waals surface area contributed by atoms with Crippen molar-refractivity contribution in [1.82, 2.24) is 0 Å². The molecule has 0 aromatic heterocycles. The van der Waals surface area contributed by atoms with Gasteiger partial charge in [0.05, 0.1) is 26.3 Å². The number of carbonyl (C=O) groups is 2. The second-order valence-electron chi connectivity index (χ2n) is 7.97. The summed E-state index contributed by atoms with van der Waals surface area (Å²) >= 11 is 0. The van der Waals surface area contributed by atoms with Gasteiger partial charge in [0, 0.05) is 23.8 Å². The number of quaternary nitrogens is 2. The van der Waals surface area contributed by atoms with Crippen molar-refractivity contribution in [3.05, 3.63) is 54.1 Å². The van der Waals surface area contributed by atoms with E-state index in [-0.39, 0.29) is 24.3 Å². The van der Waals surface area contributed by atoms with Crippen molar-refractivity contribution in [2.24, 2.45) is 0 Å². The molecule has 2 fully saturated rings. The third kappa shape index (κ3) is 4.17. The van der Waals surface area contributed by atoms with E-state index in [1.165, 1.54) is 20.3 Å². The van der Waals surface area contributed by atoms with Crippen molar-refractivity contribution in [3.63, 3.8) is 0 Å². The molecule has 2 aliphatic rings. The molecule has 2 aromatic carbocycles. The lowest BCUT2D eigenvalue weighted by atomic mass is 10.1. The number of methoxy groups -OCH3 is 2. The quantitative estimate of drug-likeness (QED) is 0.619. The number of hydrogen-bond acceptors (Lipinski definition) is 4. The number of imide groups is 1. The van der Waals surface area contributed by atoms with Gasteiger partial charge >= 0.3 is 0 Å². The first-order chi connectivity index (χ1) is 14.6. The average molecular weight is 412 g/mol. The van der Waals surface area contributed by atoms with E-state index in [4.69, 9.17) is 9.47 Å². The second-order valence-corrected chi connectivity index (χ2v) is 7.97. The van der Waals surface area contributed by atoms with Gasteiger partial charge in [0.25, 0.3) is 5.91 Å². The molecule has 0 bridgehead atoms. The summed E-state index contributed by atoms with van der Waals surface area (Å²) in [4.78, 5) is 30.0. The van der Waals surface area contributed by atoms with E-state index in [1.807, 2.05) is 6.07 Å². The Morgan fingerprint density at radius 2 is 1.57 bits per heavy atom. The highest BCUT2D eigenvalue weighted by molar-refractivity contribution is 6.22. The molecule has 2 aromatic rings. The molecule has 0 unspecified atom stereocenters. The number of piperazine rings is 1. The number of rotatable bonds is 6.